The maximum absolute atomic E-state index is 12.2. The number of fused-ring (bicyclic) bond motifs is 1. The van der Waals surface area contributed by atoms with Gasteiger partial charge in [-0.1, -0.05) is 12.1 Å². The number of hydrogen-bond donors (Lipinski definition) is 3. The number of imidazole rings is 1. The van der Waals surface area contributed by atoms with Crippen LogP contribution in [-0.4, -0.2) is 30.4 Å². The summed E-state index contributed by atoms with van der Waals surface area (Å²) in [4.78, 5) is 30.6. The Morgan fingerprint density at radius 1 is 1.32 bits per heavy atom. The number of nitrogens with zero attached hydrogens (tertiary/aromatic N) is 4. The van der Waals surface area contributed by atoms with Crippen molar-refractivity contribution in [1.82, 2.24) is 19.1 Å². The predicted octanol–water partition coefficient (Wildman–Crippen LogP) is 1.16. The van der Waals surface area contributed by atoms with E-state index in [1.165, 1.54) is 17.8 Å². The molecule has 3 N–H and O–H groups in total. The Labute approximate surface area is 142 Å². The fourth-order valence-corrected chi connectivity index (χ4v) is 2.54. The van der Waals surface area contributed by atoms with Gasteiger partial charge < -0.3 is 9.67 Å². The van der Waals surface area contributed by atoms with E-state index in [-0.39, 0.29) is 23.0 Å². The van der Waals surface area contributed by atoms with Crippen molar-refractivity contribution in [1.29, 1.82) is 0 Å². The van der Waals surface area contributed by atoms with E-state index < -0.39 is 11.2 Å². The number of hydrogen-bond acceptors (Lipinski definition) is 6. The smallest absolute Gasteiger partial charge is 0.329 e. The maximum Gasteiger partial charge on any atom is 0.329 e. The van der Waals surface area contributed by atoms with Gasteiger partial charge in [-0.05, 0) is 26.0 Å². The van der Waals surface area contributed by atoms with Gasteiger partial charge in [-0.2, -0.15) is 10.1 Å². The van der Waals surface area contributed by atoms with Gasteiger partial charge in [-0.15, -0.1) is 0 Å². The number of anilines is 1. The molecule has 0 aliphatic rings. The lowest BCUT2D eigenvalue weighted by atomic mass is 10.2. The van der Waals surface area contributed by atoms with Crippen LogP contribution in [0.15, 0.2) is 39.0 Å². The molecule has 0 aliphatic carbocycles. The fourth-order valence-electron chi connectivity index (χ4n) is 2.54. The number of aromatic amines is 1. The number of H-pyrrole nitrogens is 1. The summed E-state index contributed by atoms with van der Waals surface area (Å²) in [6.07, 6.45) is 1.45. The summed E-state index contributed by atoms with van der Waals surface area (Å²) in [5.41, 5.74) is 2.83. The van der Waals surface area contributed by atoms with Crippen LogP contribution in [-0.2, 0) is 7.05 Å². The third kappa shape index (κ3) is 2.91. The summed E-state index contributed by atoms with van der Waals surface area (Å²) in [5.74, 6) is 0.424. The maximum atomic E-state index is 12.2. The van der Waals surface area contributed by atoms with E-state index in [1.807, 2.05) is 13.8 Å². The van der Waals surface area contributed by atoms with Crippen molar-refractivity contribution >= 4 is 23.3 Å². The van der Waals surface area contributed by atoms with E-state index in [4.69, 9.17) is 0 Å². The number of benzene rings is 1. The first kappa shape index (κ1) is 16.5. The molecule has 2 aromatic heterocycles. The molecule has 0 spiro atoms. The summed E-state index contributed by atoms with van der Waals surface area (Å²) >= 11 is 0. The highest BCUT2D eigenvalue weighted by atomic mass is 16.3. The van der Waals surface area contributed by atoms with E-state index in [0.717, 1.165) is 0 Å². The first-order valence-corrected chi connectivity index (χ1v) is 7.68. The zero-order valence-electron chi connectivity index (χ0n) is 14.0. The van der Waals surface area contributed by atoms with Crippen LogP contribution in [0.1, 0.15) is 25.5 Å². The van der Waals surface area contributed by atoms with Gasteiger partial charge in [0, 0.05) is 18.7 Å². The average Bonchev–Trinajstić information content (AvgIpc) is 2.95. The van der Waals surface area contributed by atoms with Crippen molar-refractivity contribution in [2.75, 3.05) is 5.43 Å². The second kappa shape index (κ2) is 6.27. The fraction of sp³-hybridized carbons (Fsp3) is 0.250. The standard InChI is InChI=1S/C16H18N6O3/c1-9(2)22-12-13(21(3)16(25)19-14(12)24)18-15(22)20-17-8-10-6-4-5-7-11(10)23/h4-9,23H,1-3H3,(H,18,20)(H,19,24,25). The Balaban J connectivity index is 2.07. The van der Waals surface area contributed by atoms with E-state index in [0.29, 0.717) is 11.5 Å². The first-order valence-electron chi connectivity index (χ1n) is 7.68. The van der Waals surface area contributed by atoms with Gasteiger partial charge in [0.1, 0.15) is 5.75 Å². The van der Waals surface area contributed by atoms with Gasteiger partial charge in [0.05, 0.1) is 6.21 Å². The molecule has 0 aliphatic heterocycles. The van der Waals surface area contributed by atoms with Crippen LogP contribution in [0, 0.1) is 0 Å². The molecule has 0 radical (unpaired) electrons. The van der Waals surface area contributed by atoms with Crippen molar-refractivity contribution in [3.05, 3.63) is 50.7 Å². The molecule has 130 valence electrons. The van der Waals surface area contributed by atoms with E-state index in [1.54, 1.807) is 28.8 Å². The van der Waals surface area contributed by atoms with Crippen LogP contribution in [0.5, 0.6) is 5.75 Å². The summed E-state index contributed by atoms with van der Waals surface area (Å²) in [6.45, 7) is 3.78. The molecule has 9 nitrogen and oxygen atoms in total. The number of rotatable bonds is 4. The van der Waals surface area contributed by atoms with Crippen molar-refractivity contribution in [2.45, 2.75) is 19.9 Å². The van der Waals surface area contributed by atoms with E-state index in [2.05, 4.69) is 20.5 Å². The molecule has 0 saturated carbocycles. The van der Waals surface area contributed by atoms with Crippen LogP contribution in [0.3, 0.4) is 0 Å². The Hall–Kier alpha value is -3.36. The van der Waals surface area contributed by atoms with Gasteiger partial charge in [0.2, 0.25) is 5.95 Å². The summed E-state index contributed by atoms with van der Waals surface area (Å²) in [7, 11) is 1.54. The third-order valence-corrected chi connectivity index (χ3v) is 3.77. The Kier molecular flexibility index (Phi) is 4.14. The van der Waals surface area contributed by atoms with Crippen LogP contribution in [0.4, 0.5) is 5.95 Å². The molecule has 0 atom stereocenters. The molecular formula is C16H18N6O3. The molecule has 0 saturated heterocycles. The third-order valence-electron chi connectivity index (χ3n) is 3.77. The number of phenols is 1. The van der Waals surface area contributed by atoms with Crippen LogP contribution >= 0.6 is 0 Å². The average molecular weight is 342 g/mol. The predicted molar refractivity (Wildman–Crippen MR) is 95.3 cm³/mol. The zero-order chi connectivity index (χ0) is 18.1. The summed E-state index contributed by atoms with van der Waals surface area (Å²) in [6, 6.07) is 6.66. The molecule has 0 bridgehead atoms. The lowest BCUT2D eigenvalue weighted by Crippen LogP contribution is -2.29. The quantitative estimate of drug-likeness (QED) is 0.486. The first-order chi connectivity index (χ1) is 11.9. The van der Waals surface area contributed by atoms with E-state index in [9.17, 15) is 14.7 Å². The second-order valence-corrected chi connectivity index (χ2v) is 5.82. The Morgan fingerprint density at radius 3 is 2.72 bits per heavy atom. The summed E-state index contributed by atoms with van der Waals surface area (Å²) < 4.78 is 2.93. The molecule has 0 fully saturated rings. The Morgan fingerprint density at radius 2 is 2.04 bits per heavy atom. The Bertz CT molecular complexity index is 1070. The molecule has 3 aromatic rings. The summed E-state index contributed by atoms with van der Waals surface area (Å²) in [5, 5.41) is 13.8. The molecule has 0 unspecified atom stereocenters. The molecule has 2 heterocycles. The van der Waals surface area contributed by atoms with Crippen molar-refractivity contribution in [3.63, 3.8) is 0 Å². The lowest BCUT2D eigenvalue weighted by molar-refractivity contribution is 0.474. The number of hydrazone groups is 1. The number of aromatic nitrogens is 4. The highest BCUT2D eigenvalue weighted by Gasteiger charge is 2.18. The van der Waals surface area contributed by atoms with Crippen molar-refractivity contribution < 1.29 is 5.11 Å². The van der Waals surface area contributed by atoms with Gasteiger partial charge in [0.25, 0.3) is 5.56 Å². The van der Waals surface area contributed by atoms with Crippen LogP contribution in [0.2, 0.25) is 0 Å². The molecule has 1 aromatic carbocycles. The van der Waals surface area contributed by atoms with Gasteiger partial charge in [0.15, 0.2) is 11.2 Å². The van der Waals surface area contributed by atoms with E-state index >= 15 is 0 Å². The minimum atomic E-state index is -0.532. The molecule has 9 heteroatoms. The van der Waals surface area contributed by atoms with Crippen LogP contribution in [0.25, 0.3) is 11.2 Å². The number of nitrogens with one attached hydrogen (secondary N) is 2. The van der Waals surface area contributed by atoms with Crippen LogP contribution < -0.4 is 16.7 Å². The minimum Gasteiger partial charge on any atom is -0.507 e. The largest absolute Gasteiger partial charge is 0.507 e. The molecule has 25 heavy (non-hydrogen) atoms. The van der Waals surface area contributed by atoms with Gasteiger partial charge >= 0.3 is 5.69 Å². The number of phenolic OH excluding ortho intramolecular Hbond substituents is 1. The van der Waals surface area contributed by atoms with Gasteiger partial charge in [-0.25, -0.2) is 10.2 Å². The number of aryl methyl sites for hydroxylation is 1. The second-order valence-electron chi connectivity index (χ2n) is 5.82. The SMILES string of the molecule is CC(C)n1c(NN=Cc2ccccc2O)nc2c1c(=O)[nH]c(=O)n2C. The monoisotopic (exact) mass is 342 g/mol. The topological polar surface area (TPSA) is 117 Å². The van der Waals surface area contributed by atoms with Gasteiger partial charge in [-0.3, -0.25) is 14.3 Å². The highest BCUT2D eigenvalue weighted by Crippen LogP contribution is 2.21. The molecule has 0 amide bonds. The zero-order valence-corrected chi connectivity index (χ0v) is 14.0. The number of para-hydroxylation sites is 1. The lowest BCUT2D eigenvalue weighted by Gasteiger charge is -2.11. The molecular weight excluding hydrogens is 324 g/mol. The molecule has 3 rings (SSSR count). The minimum absolute atomic E-state index is 0.0913. The van der Waals surface area contributed by atoms with Crippen molar-refractivity contribution in [2.24, 2.45) is 12.1 Å². The normalized spacial score (nSPS) is 11.7. The van der Waals surface area contributed by atoms with Crippen molar-refractivity contribution in [3.8, 4) is 5.75 Å². The highest BCUT2D eigenvalue weighted by molar-refractivity contribution is 5.83. The number of aromatic hydroxyl groups is 1.